The Kier molecular flexibility index (Phi) is 1.91. The molecule has 2 aromatic heterocycles. The molecule has 1 aliphatic carbocycles. The molecule has 3 rings (SSSR count). The second-order valence-electron chi connectivity index (χ2n) is 4.61. The van der Waals surface area contributed by atoms with E-state index in [0.29, 0.717) is 5.54 Å². The summed E-state index contributed by atoms with van der Waals surface area (Å²) in [6.45, 7) is 5.31. The molecule has 0 unspecified atom stereocenters. The lowest BCUT2D eigenvalue weighted by Gasteiger charge is -2.10. The van der Waals surface area contributed by atoms with Crippen molar-refractivity contribution in [3.63, 3.8) is 0 Å². The molecule has 1 N–H and O–H groups in total. The molecule has 0 amide bonds. The monoisotopic (exact) mass is 221 g/mol. The average molecular weight is 221 g/mol. The zero-order chi connectivity index (χ0) is 10.5. The zero-order valence-corrected chi connectivity index (χ0v) is 9.90. The number of imidazole rings is 1. The zero-order valence-electron chi connectivity index (χ0n) is 9.08. The summed E-state index contributed by atoms with van der Waals surface area (Å²) in [5, 5.41) is 5.69. The van der Waals surface area contributed by atoms with Crippen molar-refractivity contribution in [3.8, 4) is 0 Å². The van der Waals surface area contributed by atoms with Gasteiger partial charge in [0.1, 0.15) is 0 Å². The summed E-state index contributed by atoms with van der Waals surface area (Å²) in [5.74, 6) is 0. The number of nitrogens with zero attached hydrogens (tertiary/aromatic N) is 2. The molecule has 0 spiro atoms. The number of nitrogens with one attached hydrogen (secondary N) is 1. The Morgan fingerprint density at radius 3 is 3.13 bits per heavy atom. The van der Waals surface area contributed by atoms with Gasteiger partial charge in [-0.25, -0.2) is 4.98 Å². The highest BCUT2D eigenvalue weighted by atomic mass is 32.1. The summed E-state index contributed by atoms with van der Waals surface area (Å²) in [6.07, 6.45) is 4.71. The molecular formula is C11H15N3S. The molecule has 80 valence electrons. The molecule has 2 aromatic rings. The lowest BCUT2D eigenvalue weighted by Crippen LogP contribution is -2.27. The van der Waals surface area contributed by atoms with Crippen LogP contribution >= 0.6 is 11.3 Å². The number of hydrogen-bond acceptors (Lipinski definition) is 3. The van der Waals surface area contributed by atoms with Crippen LogP contribution in [0.15, 0.2) is 11.6 Å². The standard InChI is InChI=1S/C11H15N3S/c1-8-9(7-12-11(2)3-4-11)14-5-6-15-10(14)13-8/h5-6,12H,3-4,7H2,1-2H3. The van der Waals surface area contributed by atoms with Crippen LogP contribution in [0.2, 0.25) is 0 Å². The molecule has 0 bridgehead atoms. The summed E-state index contributed by atoms with van der Waals surface area (Å²) < 4.78 is 2.19. The second kappa shape index (κ2) is 3.06. The fraction of sp³-hybridized carbons (Fsp3) is 0.545. The van der Waals surface area contributed by atoms with Gasteiger partial charge >= 0.3 is 0 Å². The van der Waals surface area contributed by atoms with Crippen LogP contribution in [0.25, 0.3) is 4.96 Å². The predicted octanol–water partition coefficient (Wildman–Crippen LogP) is 2.35. The maximum absolute atomic E-state index is 4.54. The third-order valence-electron chi connectivity index (χ3n) is 3.24. The second-order valence-corrected chi connectivity index (χ2v) is 5.49. The van der Waals surface area contributed by atoms with Crippen molar-refractivity contribution in [1.82, 2.24) is 14.7 Å². The van der Waals surface area contributed by atoms with Gasteiger partial charge in [0.15, 0.2) is 4.96 Å². The average Bonchev–Trinajstić information content (AvgIpc) is 2.65. The molecule has 1 saturated carbocycles. The van der Waals surface area contributed by atoms with Crippen molar-refractivity contribution in [1.29, 1.82) is 0 Å². The molecule has 15 heavy (non-hydrogen) atoms. The normalized spacial score (nSPS) is 18.5. The third-order valence-corrected chi connectivity index (χ3v) is 4.00. The van der Waals surface area contributed by atoms with Gasteiger partial charge in [0, 0.05) is 23.7 Å². The first kappa shape index (κ1) is 9.36. The highest BCUT2D eigenvalue weighted by molar-refractivity contribution is 7.15. The molecule has 4 heteroatoms. The number of hydrogen-bond donors (Lipinski definition) is 1. The van der Waals surface area contributed by atoms with E-state index >= 15 is 0 Å². The molecule has 0 aliphatic heterocycles. The first-order valence-corrected chi connectivity index (χ1v) is 6.22. The topological polar surface area (TPSA) is 29.3 Å². The molecule has 1 aliphatic rings. The van der Waals surface area contributed by atoms with Crippen molar-refractivity contribution in [2.45, 2.75) is 38.8 Å². The maximum atomic E-state index is 4.54. The van der Waals surface area contributed by atoms with Gasteiger partial charge < -0.3 is 5.32 Å². The molecule has 3 nitrogen and oxygen atoms in total. The van der Waals surface area contributed by atoms with Crippen LogP contribution < -0.4 is 5.32 Å². The third kappa shape index (κ3) is 1.58. The van der Waals surface area contributed by atoms with Crippen molar-refractivity contribution in [2.75, 3.05) is 0 Å². The Hall–Kier alpha value is -0.870. The van der Waals surface area contributed by atoms with Gasteiger partial charge in [-0.1, -0.05) is 0 Å². The molecule has 0 atom stereocenters. The van der Waals surface area contributed by atoms with Gasteiger partial charge in [0.2, 0.25) is 0 Å². The molecule has 2 heterocycles. The van der Waals surface area contributed by atoms with E-state index in [1.165, 1.54) is 18.5 Å². The summed E-state index contributed by atoms with van der Waals surface area (Å²) in [4.78, 5) is 5.64. The highest BCUT2D eigenvalue weighted by Gasteiger charge is 2.36. The van der Waals surface area contributed by atoms with Gasteiger partial charge in [-0.15, -0.1) is 11.3 Å². The van der Waals surface area contributed by atoms with Crippen LogP contribution in [-0.4, -0.2) is 14.9 Å². The van der Waals surface area contributed by atoms with E-state index in [2.05, 4.69) is 40.1 Å². The van der Waals surface area contributed by atoms with Gasteiger partial charge in [0.05, 0.1) is 11.4 Å². The summed E-state index contributed by atoms with van der Waals surface area (Å²) in [7, 11) is 0. The van der Waals surface area contributed by atoms with Crippen LogP contribution in [0.1, 0.15) is 31.2 Å². The number of rotatable bonds is 3. The molecule has 1 fully saturated rings. The molecule has 0 aromatic carbocycles. The fourth-order valence-electron chi connectivity index (χ4n) is 1.82. The Morgan fingerprint density at radius 2 is 2.40 bits per heavy atom. The van der Waals surface area contributed by atoms with E-state index in [1.54, 1.807) is 11.3 Å². The number of thiazole rings is 1. The van der Waals surface area contributed by atoms with E-state index in [-0.39, 0.29) is 0 Å². The maximum Gasteiger partial charge on any atom is 0.194 e. The van der Waals surface area contributed by atoms with E-state index in [1.807, 2.05) is 0 Å². The predicted molar refractivity (Wildman–Crippen MR) is 62.3 cm³/mol. The minimum atomic E-state index is 0.395. The fourth-order valence-corrected chi connectivity index (χ4v) is 2.59. The Balaban J connectivity index is 1.88. The summed E-state index contributed by atoms with van der Waals surface area (Å²) in [5.41, 5.74) is 2.85. The minimum absolute atomic E-state index is 0.395. The van der Waals surface area contributed by atoms with E-state index in [9.17, 15) is 0 Å². The van der Waals surface area contributed by atoms with Crippen LogP contribution in [-0.2, 0) is 6.54 Å². The van der Waals surface area contributed by atoms with E-state index in [4.69, 9.17) is 0 Å². The van der Waals surface area contributed by atoms with Crippen molar-refractivity contribution < 1.29 is 0 Å². The van der Waals surface area contributed by atoms with Gasteiger partial charge in [-0.05, 0) is 26.7 Å². The van der Waals surface area contributed by atoms with Crippen molar-refractivity contribution in [2.24, 2.45) is 0 Å². The van der Waals surface area contributed by atoms with E-state index < -0.39 is 0 Å². The van der Waals surface area contributed by atoms with E-state index in [0.717, 1.165) is 17.2 Å². The van der Waals surface area contributed by atoms with Crippen molar-refractivity contribution in [3.05, 3.63) is 23.0 Å². The largest absolute Gasteiger partial charge is 0.306 e. The number of aromatic nitrogens is 2. The quantitative estimate of drug-likeness (QED) is 0.862. The molecule has 0 radical (unpaired) electrons. The SMILES string of the molecule is Cc1nc2sccn2c1CNC1(C)CC1. The van der Waals surface area contributed by atoms with Crippen LogP contribution in [0.5, 0.6) is 0 Å². The first-order chi connectivity index (χ1) is 7.18. The number of fused-ring (bicyclic) bond motifs is 1. The Labute approximate surface area is 93.1 Å². The lowest BCUT2D eigenvalue weighted by atomic mass is 10.3. The van der Waals surface area contributed by atoms with Crippen LogP contribution in [0, 0.1) is 6.92 Å². The first-order valence-electron chi connectivity index (χ1n) is 5.34. The lowest BCUT2D eigenvalue weighted by molar-refractivity contribution is 0.529. The van der Waals surface area contributed by atoms with Gasteiger partial charge in [0.25, 0.3) is 0 Å². The van der Waals surface area contributed by atoms with Crippen molar-refractivity contribution >= 4 is 16.3 Å². The summed E-state index contributed by atoms with van der Waals surface area (Å²) >= 11 is 1.70. The van der Waals surface area contributed by atoms with Crippen LogP contribution in [0.3, 0.4) is 0 Å². The Morgan fingerprint density at radius 1 is 1.60 bits per heavy atom. The van der Waals surface area contributed by atoms with Crippen LogP contribution in [0.4, 0.5) is 0 Å². The van der Waals surface area contributed by atoms with Gasteiger partial charge in [-0.2, -0.15) is 0 Å². The van der Waals surface area contributed by atoms with Gasteiger partial charge in [-0.3, -0.25) is 4.40 Å². The smallest absolute Gasteiger partial charge is 0.194 e. The highest BCUT2D eigenvalue weighted by Crippen LogP contribution is 2.34. The molecular weight excluding hydrogens is 206 g/mol. The minimum Gasteiger partial charge on any atom is -0.306 e. The summed E-state index contributed by atoms with van der Waals surface area (Å²) in [6, 6.07) is 0. The number of aryl methyl sites for hydroxylation is 1. The Bertz CT molecular complexity index is 493. The molecule has 0 saturated heterocycles.